The first-order chi connectivity index (χ1) is 6.57. The topological polar surface area (TPSA) is 23.5 Å². The van der Waals surface area contributed by atoms with Crippen molar-refractivity contribution in [2.45, 2.75) is 19.0 Å². The van der Waals surface area contributed by atoms with E-state index >= 15 is 0 Å². The summed E-state index contributed by atoms with van der Waals surface area (Å²) in [6.07, 6.45) is -0.315. The fourth-order valence-electron chi connectivity index (χ4n) is 0.567. The maximum Gasteiger partial charge on any atom is 0.104 e. The number of halogens is 1. The van der Waals surface area contributed by atoms with Crippen molar-refractivity contribution in [1.82, 2.24) is 4.90 Å². The Morgan fingerprint density at radius 1 is 1.29 bits per heavy atom. The second kappa shape index (κ2) is 7.80. The summed E-state index contributed by atoms with van der Waals surface area (Å²) in [4.78, 5) is 1.72. The zero-order chi connectivity index (χ0) is 11.0. The smallest absolute Gasteiger partial charge is 0.104 e. The van der Waals surface area contributed by atoms with Crippen molar-refractivity contribution in [2.24, 2.45) is 0 Å². The lowest BCUT2D eigenvalue weighted by Gasteiger charge is -2.11. The third-order valence-corrected chi connectivity index (χ3v) is 2.05. The monoisotopic (exact) mass is 215 g/mol. The van der Waals surface area contributed by atoms with Crippen molar-refractivity contribution >= 4 is 11.6 Å². The summed E-state index contributed by atoms with van der Waals surface area (Å²) in [7, 11) is 3.65. The van der Waals surface area contributed by atoms with Crippen LogP contribution in [0.5, 0.6) is 0 Å². The molecule has 80 valence electrons. The van der Waals surface area contributed by atoms with Gasteiger partial charge in [-0.1, -0.05) is 30.3 Å². The predicted octanol–water partition coefficient (Wildman–Crippen LogP) is 2.31. The highest BCUT2D eigenvalue weighted by molar-refractivity contribution is 6.17. The minimum absolute atomic E-state index is 0.315. The molecule has 0 aliphatic heterocycles. The summed E-state index contributed by atoms with van der Waals surface area (Å²) in [6.45, 7) is 1.72. The molecular weight excluding hydrogens is 198 g/mol. The molecule has 0 aliphatic carbocycles. The molecule has 0 saturated carbocycles. The van der Waals surface area contributed by atoms with E-state index in [1.807, 2.05) is 44.4 Å². The molecule has 1 rings (SSSR count). The number of hydrogen-bond acceptors (Lipinski definition) is 2. The zero-order valence-corrected chi connectivity index (χ0v) is 9.70. The molecule has 0 heterocycles. The van der Waals surface area contributed by atoms with Gasteiger partial charge in [-0.2, -0.15) is 0 Å². The van der Waals surface area contributed by atoms with Crippen LogP contribution in [0, 0.1) is 0 Å². The van der Waals surface area contributed by atoms with E-state index in [1.54, 1.807) is 11.8 Å². The number of rotatable bonds is 2. The van der Waals surface area contributed by atoms with Gasteiger partial charge in [-0.25, -0.2) is 0 Å². The molecule has 2 nitrogen and oxygen atoms in total. The van der Waals surface area contributed by atoms with E-state index in [9.17, 15) is 0 Å². The Balaban J connectivity index is 0.000000255. The van der Waals surface area contributed by atoms with Gasteiger partial charge in [-0.3, -0.25) is 4.90 Å². The quantitative estimate of drug-likeness (QED) is 0.605. The predicted molar refractivity (Wildman–Crippen MR) is 61.4 cm³/mol. The van der Waals surface area contributed by atoms with Gasteiger partial charge in [0.25, 0.3) is 0 Å². The molecule has 0 amide bonds. The first kappa shape index (κ1) is 13.4. The lowest BCUT2D eigenvalue weighted by atomic mass is 10.2. The molecule has 1 aromatic rings. The van der Waals surface area contributed by atoms with Crippen LogP contribution in [0.3, 0.4) is 0 Å². The number of aliphatic hydroxyl groups is 1. The molecule has 1 N–H and O–H groups in total. The molecule has 3 heteroatoms. The fourth-order valence-corrected chi connectivity index (χ4v) is 0.745. The second-order valence-corrected chi connectivity index (χ2v) is 3.48. The third kappa shape index (κ3) is 6.89. The van der Waals surface area contributed by atoms with Gasteiger partial charge in [0.1, 0.15) is 6.23 Å². The third-order valence-electron chi connectivity index (χ3n) is 1.74. The standard InChI is InChI=1S/C7H7Cl.C4H11NO/c8-6-7-4-2-1-3-5-7;1-4(6)5(2)3/h1-5H,6H2;4,6H,1-3H3. The highest BCUT2D eigenvalue weighted by Crippen LogP contribution is 2.00. The van der Waals surface area contributed by atoms with Crippen molar-refractivity contribution in [1.29, 1.82) is 0 Å². The van der Waals surface area contributed by atoms with Crippen LogP contribution in [-0.4, -0.2) is 30.3 Å². The largest absolute Gasteiger partial charge is 0.379 e. The average molecular weight is 216 g/mol. The van der Waals surface area contributed by atoms with Gasteiger partial charge >= 0.3 is 0 Å². The van der Waals surface area contributed by atoms with Crippen LogP contribution in [0.2, 0.25) is 0 Å². The second-order valence-electron chi connectivity index (χ2n) is 3.21. The minimum atomic E-state index is -0.315. The molecule has 0 radical (unpaired) electrons. The molecule has 0 aromatic heterocycles. The summed E-state index contributed by atoms with van der Waals surface area (Å²) >= 11 is 5.53. The zero-order valence-electron chi connectivity index (χ0n) is 8.94. The van der Waals surface area contributed by atoms with Gasteiger partial charge in [0.05, 0.1) is 0 Å². The van der Waals surface area contributed by atoms with E-state index in [0.29, 0.717) is 5.88 Å². The van der Waals surface area contributed by atoms with Crippen LogP contribution in [-0.2, 0) is 5.88 Å². The summed E-state index contributed by atoms with van der Waals surface area (Å²) in [5, 5.41) is 8.56. The van der Waals surface area contributed by atoms with Gasteiger partial charge < -0.3 is 5.11 Å². The SMILES string of the molecule is CC(O)N(C)C.ClCc1ccccc1. The molecule has 1 unspecified atom stereocenters. The highest BCUT2D eigenvalue weighted by atomic mass is 35.5. The van der Waals surface area contributed by atoms with Gasteiger partial charge in [0.15, 0.2) is 0 Å². The Morgan fingerprint density at radius 3 is 1.93 bits per heavy atom. The molecule has 0 aliphatic rings. The Hall–Kier alpha value is -0.570. The van der Waals surface area contributed by atoms with Crippen molar-refractivity contribution in [2.75, 3.05) is 14.1 Å². The molecule has 0 spiro atoms. The van der Waals surface area contributed by atoms with Gasteiger partial charge in [-0.05, 0) is 26.6 Å². The van der Waals surface area contributed by atoms with E-state index in [1.165, 1.54) is 5.56 Å². The van der Waals surface area contributed by atoms with Crippen molar-refractivity contribution in [3.05, 3.63) is 35.9 Å². The van der Waals surface area contributed by atoms with Crippen molar-refractivity contribution in [3.63, 3.8) is 0 Å². The first-order valence-corrected chi connectivity index (χ1v) is 5.05. The van der Waals surface area contributed by atoms with Crippen LogP contribution >= 0.6 is 11.6 Å². The molecular formula is C11H18ClNO. The maximum absolute atomic E-state index is 8.56. The molecule has 1 aromatic carbocycles. The van der Waals surface area contributed by atoms with Crippen LogP contribution in [0.25, 0.3) is 0 Å². The summed E-state index contributed by atoms with van der Waals surface area (Å²) in [5.41, 5.74) is 1.18. The Morgan fingerprint density at radius 2 is 1.71 bits per heavy atom. The van der Waals surface area contributed by atoms with E-state index in [-0.39, 0.29) is 6.23 Å². The molecule has 0 saturated heterocycles. The van der Waals surface area contributed by atoms with Gasteiger partial charge in [0.2, 0.25) is 0 Å². The van der Waals surface area contributed by atoms with Crippen molar-refractivity contribution in [3.8, 4) is 0 Å². The Labute approximate surface area is 91.1 Å². The fraction of sp³-hybridized carbons (Fsp3) is 0.455. The maximum atomic E-state index is 8.56. The first-order valence-electron chi connectivity index (χ1n) is 4.52. The van der Waals surface area contributed by atoms with Gasteiger partial charge in [0, 0.05) is 5.88 Å². The molecule has 14 heavy (non-hydrogen) atoms. The summed E-state index contributed by atoms with van der Waals surface area (Å²) in [5.74, 6) is 0.612. The highest BCUT2D eigenvalue weighted by Gasteiger charge is 1.92. The number of hydrogen-bond donors (Lipinski definition) is 1. The van der Waals surface area contributed by atoms with E-state index in [2.05, 4.69) is 0 Å². The Kier molecular flexibility index (Phi) is 7.48. The van der Waals surface area contributed by atoms with E-state index in [0.717, 1.165) is 0 Å². The van der Waals surface area contributed by atoms with Crippen LogP contribution < -0.4 is 0 Å². The summed E-state index contributed by atoms with van der Waals surface area (Å²) in [6, 6.07) is 9.96. The van der Waals surface area contributed by atoms with Crippen molar-refractivity contribution < 1.29 is 5.11 Å². The van der Waals surface area contributed by atoms with Gasteiger partial charge in [-0.15, -0.1) is 11.6 Å². The lowest BCUT2D eigenvalue weighted by Crippen LogP contribution is -2.23. The number of aliphatic hydroxyl groups excluding tert-OH is 1. The van der Waals surface area contributed by atoms with Crippen LogP contribution in [0.15, 0.2) is 30.3 Å². The number of nitrogens with zero attached hydrogens (tertiary/aromatic N) is 1. The summed E-state index contributed by atoms with van der Waals surface area (Å²) < 4.78 is 0. The van der Waals surface area contributed by atoms with E-state index < -0.39 is 0 Å². The Bertz CT molecular complexity index is 218. The molecule has 0 bridgehead atoms. The van der Waals surface area contributed by atoms with E-state index in [4.69, 9.17) is 16.7 Å². The number of benzene rings is 1. The minimum Gasteiger partial charge on any atom is -0.379 e. The van der Waals surface area contributed by atoms with Crippen LogP contribution in [0.4, 0.5) is 0 Å². The number of alkyl halides is 1. The molecule has 0 fully saturated rings. The average Bonchev–Trinajstić information content (AvgIpc) is 2.20. The normalized spacial score (nSPS) is 11.9. The molecule has 1 atom stereocenters. The van der Waals surface area contributed by atoms with Crippen LogP contribution in [0.1, 0.15) is 12.5 Å². The lowest BCUT2D eigenvalue weighted by molar-refractivity contribution is 0.0578.